The molecular formula is C18H29NO2S. The Bertz CT molecular complexity index is 505. The summed E-state index contributed by atoms with van der Waals surface area (Å²) >= 11 is 1.62. The Labute approximate surface area is 138 Å². The number of aliphatic hydroxyl groups is 2. The topological polar surface area (TPSA) is 53.4 Å². The van der Waals surface area contributed by atoms with E-state index in [1.54, 1.807) is 11.3 Å². The third-order valence-corrected chi connectivity index (χ3v) is 4.60. The molecule has 2 unspecified atom stereocenters. The molecule has 0 amide bonds. The van der Waals surface area contributed by atoms with E-state index in [1.807, 2.05) is 25.3 Å². The van der Waals surface area contributed by atoms with E-state index in [4.69, 9.17) is 5.11 Å². The van der Waals surface area contributed by atoms with Crippen molar-refractivity contribution in [1.82, 2.24) is 4.98 Å². The number of allylic oxidation sites excluding steroid dienone is 1. The van der Waals surface area contributed by atoms with E-state index in [2.05, 4.69) is 24.9 Å². The molecule has 0 bridgehead atoms. The summed E-state index contributed by atoms with van der Waals surface area (Å²) in [5.41, 5.74) is 3.18. The lowest BCUT2D eigenvalue weighted by Crippen LogP contribution is -2.06. The number of nitrogens with zero attached hydrogens (tertiary/aromatic N) is 1. The highest BCUT2D eigenvalue weighted by Crippen LogP contribution is 2.17. The number of aryl methyl sites for hydroxylation is 1. The summed E-state index contributed by atoms with van der Waals surface area (Å²) < 4.78 is 0. The van der Waals surface area contributed by atoms with Crippen molar-refractivity contribution in [1.29, 1.82) is 0 Å². The molecule has 1 aromatic rings. The second kappa shape index (κ2) is 9.93. The first-order valence-electron chi connectivity index (χ1n) is 7.97. The van der Waals surface area contributed by atoms with Crippen LogP contribution in [0.25, 0.3) is 6.08 Å². The molecule has 0 spiro atoms. The maximum Gasteiger partial charge on any atom is 0.0901 e. The van der Waals surface area contributed by atoms with Crippen LogP contribution >= 0.6 is 11.3 Å². The van der Waals surface area contributed by atoms with Gasteiger partial charge in [-0.3, -0.25) is 0 Å². The quantitative estimate of drug-likeness (QED) is 0.664. The Morgan fingerprint density at radius 3 is 2.73 bits per heavy atom. The van der Waals surface area contributed by atoms with Crippen molar-refractivity contribution in [3.63, 3.8) is 0 Å². The fourth-order valence-electron chi connectivity index (χ4n) is 2.20. The van der Waals surface area contributed by atoms with E-state index in [1.165, 1.54) is 5.57 Å². The van der Waals surface area contributed by atoms with Gasteiger partial charge in [0.05, 0.1) is 16.8 Å². The Hall–Kier alpha value is -0.970. The monoisotopic (exact) mass is 323 g/mol. The van der Waals surface area contributed by atoms with E-state index in [-0.39, 0.29) is 6.61 Å². The summed E-state index contributed by atoms with van der Waals surface area (Å²) in [6, 6.07) is 0. The lowest BCUT2D eigenvalue weighted by atomic mass is 10.0. The van der Waals surface area contributed by atoms with Gasteiger partial charge < -0.3 is 10.2 Å². The average Bonchev–Trinajstić information content (AvgIpc) is 2.89. The third kappa shape index (κ3) is 7.34. The number of aliphatic hydroxyl groups excluding tert-OH is 2. The second-order valence-electron chi connectivity index (χ2n) is 6.16. The summed E-state index contributed by atoms with van der Waals surface area (Å²) in [5, 5.41) is 22.3. The highest BCUT2D eigenvalue weighted by atomic mass is 32.1. The van der Waals surface area contributed by atoms with Gasteiger partial charge in [0.25, 0.3) is 0 Å². The maximum atomic E-state index is 10.2. The molecule has 2 N–H and O–H groups in total. The van der Waals surface area contributed by atoms with Crippen molar-refractivity contribution in [3.8, 4) is 0 Å². The van der Waals surface area contributed by atoms with Gasteiger partial charge in [-0.25, -0.2) is 4.98 Å². The molecule has 0 aromatic carbocycles. The SMILES string of the molecule is CC(=CCC(O)C(C)=Cc1csc(C)n1)CCCC(C)CO. The van der Waals surface area contributed by atoms with Gasteiger partial charge in [-0.05, 0) is 64.0 Å². The third-order valence-electron chi connectivity index (χ3n) is 3.81. The Morgan fingerprint density at radius 2 is 2.14 bits per heavy atom. The highest BCUT2D eigenvalue weighted by Gasteiger charge is 2.06. The van der Waals surface area contributed by atoms with Gasteiger partial charge in [0.2, 0.25) is 0 Å². The molecule has 2 atom stereocenters. The van der Waals surface area contributed by atoms with Crippen molar-refractivity contribution in [3.05, 3.63) is 33.3 Å². The predicted molar refractivity (Wildman–Crippen MR) is 95.0 cm³/mol. The number of rotatable bonds is 9. The lowest BCUT2D eigenvalue weighted by molar-refractivity contribution is 0.215. The minimum absolute atomic E-state index is 0.265. The van der Waals surface area contributed by atoms with E-state index in [0.29, 0.717) is 12.3 Å². The van der Waals surface area contributed by atoms with Crippen LogP contribution in [0, 0.1) is 12.8 Å². The maximum absolute atomic E-state index is 10.2. The van der Waals surface area contributed by atoms with Crippen molar-refractivity contribution in [2.24, 2.45) is 5.92 Å². The van der Waals surface area contributed by atoms with Crippen LogP contribution in [0.3, 0.4) is 0 Å². The standard InChI is InChI=1S/C18H29NO2S/c1-13(6-5-7-14(2)11-20)8-9-18(21)15(3)10-17-12-22-16(4)19-17/h8,10,12,14,18,20-21H,5-7,9,11H2,1-4H3. The van der Waals surface area contributed by atoms with Crippen LogP contribution in [-0.4, -0.2) is 27.9 Å². The molecule has 3 nitrogen and oxygen atoms in total. The molecule has 4 heteroatoms. The van der Waals surface area contributed by atoms with Crippen LogP contribution in [-0.2, 0) is 0 Å². The molecule has 0 radical (unpaired) electrons. The summed E-state index contributed by atoms with van der Waals surface area (Å²) in [6.07, 6.45) is 7.45. The number of hydrogen-bond acceptors (Lipinski definition) is 4. The zero-order valence-electron chi connectivity index (χ0n) is 14.2. The van der Waals surface area contributed by atoms with Gasteiger partial charge in [-0.15, -0.1) is 11.3 Å². The molecule has 0 aliphatic carbocycles. The first-order chi connectivity index (χ1) is 10.4. The van der Waals surface area contributed by atoms with Gasteiger partial charge >= 0.3 is 0 Å². The summed E-state index contributed by atoms with van der Waals surface area (Å²) in [5.74, 6) is 0.380. The molecule has 0 saturated heterocycles. The first-order valence-corrected chi connectivity index (χ1v) is 8.85. The van der Waals surface area contributed by atoms with Crippen molar-refractivity contribution < 1.29 is 10.2 Å². The van der Waals surface area contributed by atoms with Crippen molar-refractivity contribution in [2.45, 2.75) is 59.5 Å². The average molecular weight is 324 g/mol. The van der Waals surface area contributed by atoms with Gasteiger partial charge in [0.1, 0.15) is 0 Å². The molecule has 22 heavy (non-hydrogen) atoms. The smallest absolute Gasteiger partial charge is 0.0901 e. The van der Waals surface area contributed by atoms with Crippen LogP contribution in [0.5, 0.6) is 0 Å². The minimum Gasteiger partial charge on any atom is -0.396 e. The van der Waals surface area contributed by atoms with Gasteiger partial charge in [0.15, 0.2) is 0 Å². The molecule has 1 rings (SSSR count). The number of aromatic nitrogens is 1. The fraction of sp³-hybridized carbons (Fsp3) is 0.611. The fourth-order valence-corrected chi connectivity index (χ4v) is 2.77. The first kappa shape index (κ1) is 19.1. The van der Waals surface area contributed by atoms with Crippen LogP contribution in [0.4, 0.5) is 0 Å². The zero-order chi connectivity index (χ0) is 16.5. The molecule has 0 aliphatic heterocycles. The Morgan fingerprint density at radius 1 is 1.41 bits per heavy atom. The van der Waals surface area contributed by atoms with E-state index in [0.717, 1.165) is 35.5 Å². The largest absolute Gasteiger partial charge is 0.396 e. The van der Waals surface area contributed by atoms with Crippen LogP contribution in [0.15, 0.2) is 22.6 Å². The molecule has 1 heterocycles. The zero-order valence-corrected chi connectivity index (χ0v) is 15.0. The van der Waals surface area contributed by atoms with E-state index >= 15 is 0 Å². The number of thiazole rings is 1. The summed E-state index contributed by atoms with van der Waals surface area (Å²) in [4.78, 5) is 4.39. The summed E-state index contributed by atoms with van der Waals surface area (Å²) in [7, 11) is 0. The predicted octanol–water partition coefficient (Wildman–Crippen LogP) is 4.35. The lowest BCUT2D eigenvalue weighted by Gasteiger charge is -2.10. The second-order valence-corrected chi connectivity index (χ2v) is 7.22. The normalized spacial score (nSPS) is 15.9. The molecule has 0 saturated carbocycles. The van der Waals surface area contributed by atoms with Crippen LogP contribution < -0.4 is 0 Å². The molecule has 124 valence electrons. The van der Waals surface area contributed by atoms with E-state index < -0.39 is 6.10 Å². The molecule has 0 fully saturated rings. The highest BCUT2D eigenvalue weighted by molar-refractivity contribution is 7.09. The van der Waals surface area contributed by atoms with Crippen LogP contribution in [0.1, 0.15) is 57.2 Å². The molecule has 0 aliphatic rings. The van der Waals surface area contributed by atoms with Crippen molar-refractivity contribution >= 4 is 17.4 Å². The van der Waals surface area contributed by atoms with Gasteiger partial charge in [-0.1, -0.05) is 18.6 Å². The van der Waals surface area contributed by atoms with Crippen molar-refractivity contribution in [2.75, 3.05) is 6.61 Å². The molecule has 1 aromatic heterocycles. The molecular weight excluding hydrogens is 294 g/mol. The van der Waals surface area contributed by atoms with Gasteiger partial charge in [0, 0.05) is 12.0 Å². The minimum atomic E-state index is -0.451. The number of hydrogen-bond donors (Lipinski definition) is 2. The van der Waals surface area contributed by atoms with Crippen LogP contribution in [0.2, 0.25) is 0 Å². The summed E-state index contributed by atoms with van der Waals surface area (Å²) in [6.45, 7) is 8.38. The van der Waals surface area contributed by atoms with E-state index in [9.17, 15) is 5.11 Å². The Balaban J connectivity index is 2.41. The Kier molecular flexibility index (Phi) is 8.61. The van der Waals surface area contributed by atoms with Gasteiger partial charge in [-0.2, -0.15) is 0 Å².